The van der Waals surface area contributed by atoms with E-state index >= 15 is 0 Å². The van der Waals surface area contributed by atoms with Crippen molar-refractivity contribution in [2.24, 2.45) is 5.92 Å². The van der Waals surface area contributed by atoms with Gasteiger partial charge in [0.15, 0.2) is 0 Å². The number of hydrogen-bond donors (Lipinski definition) is 1. The molecule has 1 saturated carbocycles. The van der Waals surface area contributed by atoms with E-state index in [1.54, 1.807) is 0 Å². The van der Waals surface area contributed by atoms with Gasteiger partial charge in [0.25, 0.3) is 0 Å². The van der Waals surface area contributed by atoms with Crippen LogP contribution in [0.3, 0.4) is 0 Å². The van der Waals surface area contributed by atoms with Crippen LogP contribution >= 0.6 is 0 Å². The molecule has 0 radical (unpaired) electrons. The molecule has 1 aliphatic heterocycles. The molecule has 1 saturated heterocycles. The minimum Gasteiger partial charge on any atom is -0.494 e. The lowest BCUT2D eigenvalue weighted by atomic mass is 9.95. The van der Waals surface area contributed by atoms with Gasteiger partial charge >= 0.3 is 0 Å². The maximum atomic E-state index is 5.53. The molecule has 0 aromatic heterocycles. The van der Waals surface area contributed by atoms with E-state index in [0.717, 1.165) is 37.9 Å². The zero-order valence-corrected chi connectivity index (χ0v) is 12.7. The highest BCUT2D eigenvalue weighted by molar-refractivity contribution is 5.49. The lowest BCUT2D eigenvalue weighted by Crippen LogP contribution is -2.51. The van der Waals surface area contributed by atoms with Gasteiger partial charge < -0.3 is 15.0 Å². The van der Waals surface area contributed by atoms with Gasteiger partial charge in [-0.1, -0.05) is 0 Å². The van der Waals surface area contributed by atoms with Crippen molar-refractivity contribution >= 4 is 5.69 Å². The van der Waals surface area contributed by atoms with Crippen molar-refractivity contribution in [2.75, 3.05) is 31.1 Å². The highest BCUT2D eigenvalue weighted by Gasteiger charge is 2.43. The molecule has 3 nitrogen and oxygen atoms in total. The Balaban J connectivity index is 1.74. The fourth-order valence-electron chi connectivity index (χ4n) is 3.31. The van der Waals surface area contributed by atoms with Gasteiger partial charge in [-0.15, -0.1) is 0 Å². The molecule has 1 aromatic carbocycles. The fourth-order valence-corrected chi connectivity index (χ4v) is 3.31. The number of nitrogens with one attached hydrogen (secondary N) is 1. The van der Waals surface area contributed by atoms with Gasteiger partial charge in [-0.05, 0) is 69.8 Å². The van der Waals surface area contributed by atoms with E-state index in [1.165, 1.54) is 24.9 Å². The second kappa shape index (κ2) is 5.65. The largest absolute Gasteiger partial charge is 0.494 e. The lowest BCUT2D eigenvalue weighted by molar-refractivity contribution is 0.331. The topological polar surface area (TPSA) is 24.5 Å². The second-order valence-corrected chi connectivity index (χ2v) is 6.32. The van der Waals surface area contributed by atoms with Crippen molar-refractivity contribution in [3.05, 3.63) is 24.3 Å². The number of anilines is 1. The van der Waals surface area contributed by atoms with Crippen LogP contribution in [-0.4, -0.2) is 31.8 Å². The normalized spacial score (nSPS) is 27.2. The Hall–Kier alpha value is -1.22. The molecule has 0 amide bonds. The summed E-state index contributed by atoms with van der Waals surface area (Å²) < 4.78 is 5.53. The Bertz CT molecular complexity index is 441. The summed E-state index contributed by atoms with van der Waals surface area (Å²) in [6.07, 6.45) is 4.00. The predicted octanol–water partition coefficient (Wildman–Crippen LogP) is 3.05. The standard InChI is InChI=1S/C17H26N2O/c1-3-20-16-9-7-15(8-10-16)19-12-4-11-18-17(2,13-19)14-5-6-14/h7-10,14,18H,3-6,11-13H2,1-2H3. The van der Waals surface area contributed by atoms with Gasteiger partial charge in [0.1, 0.15) is 5.75 Å². The predicted molar refractivity (Wildman–Crippen MR) is 83.6 cm³/mol. The summed E-state index contributed by atoms with van der Waals surface area (Å²) >= 11 is 0. The van der Waals surface area contributed by atoms with Crippen LogP contribution in [0, 0.1) is 5.92 Å². The average Bonchev–Trinajstić information content (AvgIpc) is 3.27. The first kappa shape index (κ1) is 13.7. The van der Waals surface area contributed by atoms with Gasteiger partial charge in [0.2, 0.25) is 0 Å². The molecule has 0 bridgehead atoms. The molecule has 1 N–H and O–H groups in total. The minimum atomic E-state index is 0.287. The summed E-state index contributed by atoms with van der Waals surface area (Å²) in [7, 11) is 0. The van der Waals surface area contributed by atoms with Crippen LogP contribution in [0.2, 0.25) is 0 Å². The summed E-state index contributed by atoms with van der Waals surface area (Å²) in [4.78, 5) is 2.54. The quantitative estimate of drug-likeness (QED) is 0.913. The third kappa shape index (κ3) is 2.93. The fraction of sp³-hybridized carbons (Fsp3) is 0.647. The number of rotatable bonds is 4. The Morgan fingerprint density at radius 1 is 1.30 bits per heavy atom. The summed E-state index contributed by atoms with van der Waals surface area (Å²) in [6, 6.07) is 8.57. The summed E-state index contributed by atoms with van der Waals surface area (Å²) in [5.41, 5.74) is 1.61. The first-order valence-corrected chi connectivity index (χ1v) is 7.94. The summed E-state index contributed by atoms with van der Waals surface area (Å²) in [5.74, 6) is 1.83. The van der Waals surface area contributed by atoms with Crippen molar-refractivity contribution in [3.8, 4) is 5.75 Å². The van der Waals surface area contributed by atoms with E-state index in [2.05, 4.69) is 41.4 Å². The molecule has 2 fully saturated rings. The van der Waals surface area contributed by atoms with E-state index in [1.807, 2.05) is 6.92 Å². The van der Waals surface area contributed by atoms with E-state index in [0.29, 0.717) is 0 Å². The smallest absolute Gasteiger partial charge is 0.119 e. The maximum Gasteiger partial charge on any atom is 0.119 e. The van der Waals surface area contributed by atoms with Crippen LogP contribution in [0.1, 0.15) is 33.1 Å². The molecular formula is C17H26N2O. The number of hydrogen-bond acceptors (Lipinski definition) is 3. The molecule has 1 atom stereocenters. The average molecular weight is 274 g/mol. The van der Waals surface area contributed by atoms with Gasteiger partial charge in [-0.3, -0.25) is 0 Å². The molecule has 110 valence electrons. The minimum absolute atomic E-state index is 0.287. The third-order valence-electron chi connectivity index (χ3n) is 4.64. The van der Waals surface area contributed by atoms with Crippen LogP contribution in [0.5, 0.6) is 5.75 Å². The zero-order valence-electron chi connectivity index (χ0n) is 12.7. The molecule has 20 heavy (non-hydrogen) atoms. The van der Waals surface area contributed by atoms with E-state index < -0.39 is 0 Å². The van der Waals surface area contributed by atoms with Crippen LogP contribution in [-0.2, 0) is 0 Å². The first-order chi connectivity index (χ1) is 9.71. The first-order valence-electron chi connectivity index (χ1n) is 7.94. The van der Waals surface area contributed by atoms with E-state index in [9.17, 15) is 0 Å². The molecule has 2 aliphatic rings. The highest BCUT2D eigenvalue weighted by Crippen LogP contribution is 2.41. The monoisotopic (exact) mass is 274 g/mol. The summed E-state index contributed by atoms with van der Waals surface area (Å²) in [6.45, 7) is 8.55. The van der Waals surface area contributed by atoms with Crippen molar-refractivity contribution in [1.82, 2.24) is 5.32 Å². The number of ether oxygens (including phenoxy) is 1. The SMILES string of the molecule is CCOc1ccc(N2CCCNC(C)(C3CC3)C2)cc1. The second-order valence-electron chi connectivity index (χ2n) is 6.32. The van der Waals surface area contributed by atoms with Crippen LogP contribution in [0.15, 0.2) is 24.3 Å². The van der Waals surface area contributed by atoms with Gasteiger partial charge in [-0.2, -0.15) is 0 Å². The van der Waals surface area contributed by atoms with Crippen molar-refractivity contribution in [2.45, 2.75) is 38.6 Å². The van der Waals surface area contributed by atoms with E-state index in [-0.39, 0.29) is 5.54 Å². The van der Waals surface area contributed by atoms with Crippen LogP contribution in [0.4, 0.5) is 5.69 Å². The molecule has 3 rings (SSSR count). The van der Waals surface area contributed by atoms with Crippen molar-refractivity contribution in [1.29, 1.82) is 0 Å². The van der Waals surface area contributed by atoms with Gasteiger partial charge in [0.05, 0.1) is 6.61 Å². The molecule has 0 spiro atoms. The van der Waals surface area contributed by atoms with Gasteiger partial charge in [0, 0.05) is 24.3 Å². The van der Waals surface area contributed by atoms with E-state index in [4.69, 9.17) is 4.74 Å². The van der Waals surface area contributed by atoms with Crippen LogP contribution in [0.25, 0.3) is 0 Å². The molecule has 3 heteroatoms. The van der Waals surface area contributed by atoms with Gasteiger partial charge in [-0.25, -0.2) is 0 Å². The van der Waals surface area contributed by atoms with Crippen molar-refractivity contribution < 1.29 is 4.74 Å². The molecular weight excluding hydrogens is 248 g/mol. The Morgan fingerprint density at radius 2 is 2.05 bits per heavy atom. The third-order valence-corrected chi connectivity index (χ3v) is 4.64. The molecule has 1 aliphatic carbocycles. The molecule has 1 heterocycles. The maximum absolute atomic E-state index is 5.53. The van der Waals surface area contributed by atoms with Crippen molar-refractivity contribution in [3.63, 3.8) is 0 Å². The zero-order chi connectivity index (χ0) is 14.0. The highest BCUT2D eigenvalue weighted by atomic mass is 16.5. The summed E-state index contributed by atoms with van der Waals surface area (Å²) in [5, 5.41) is 3.78. The van der Waals surface area contributed by atoms with Crippen LogP contribution < -0.4 is 15.0 Å². The lowest BCUT2D eigenvalue weighted by Gasteiger charge is -2.35. The Morgan fingerprint density at radius 3 is 2.70 bits per heavy atom. The Kier molecular flexibility index (Phi) is 3.88. The number of benzene rings is 1. The molecule has 1 aromatic rings. The molecule has 1 unspecified atom stereocenters. The number of nitrogens with zero attached hydrogens (tertiary/aromatic N) is 1. The Labute approximate surface area is 122 Å².